The molecule has 0 heterocycles. The number of ether oxygens (including phenoxy) is 1. The summed E-state index contributed by atoms with van der Waals surface area (Å²) in [5.74, 6) is -6.15. The van der Waals surface area contributed by atoms with Crippen molar-refractivity contribution < 1.29 is 40.6 Å². The third-order valence-corrected chi connectivity index (χ3v) is 3.45. The van der Waals surface area contributed by atoms with Crippen LogP contribution >= 0.6 is 0 Å². The molecule has 0 radical (unpaired) electrons. The summed E-state index contributed by atoms with van der Waals surface area (Å²) < 4.78 is 76.4. The number of alkyl halides is 4. The second-order valence-corrected chi connectivity index (χ2v) is 5.34. The van der Waals surface area contributed by atoms with E-state index in [2.05, 4.69) is 4.74 Å². The van der Waals surface area contributed by atoms with E-state index in [4.69, 9.17) is 0 Å². The molecule has 1 N–H and O–H groups in total. The van der Waals surface area contributed by atoms with Gasteiger partial charge in [0.2, 0.25) is 10.7 Å². The van der Waals surface area contributed by atoms with Crippen LogP contribution in [0.1, 0.15) is 23.2 Å². The van der Waals surface area contributed by atoms with Gasteiger partial charge in [-0.15, -0.1) is 0 Å². The summed E-state index contributed by atoms with van der Waals surface area (Å²) in [5.41, 5.74) is -0.206. The van der Waals surface area contributed by atoms with Crippen LogP contribution < -0.4 is 0 Å². The van der Waals surface area contributed by atoms with Gasteiger partial charge in [0.05, 0.1) is 6.61 Å². The number of halogens is 4. The molecular weight excluding hydrogens is 332 g/mol. The van der Waals surface area contributed by atoms with E-state index in [1.54, 1.807) is 0 Å². The zero-order valence-electron chi connectivity index (χ0n) is 11.0. The molecule has 0 spiro atoms. The molecule has 0 saturated carbocycles. The molecule has 0 bridgehead atoms. The lowest BCUT2D eigenvalue weighted by Crippen LogP contribution is -2.41. The molecule has 10 heteroatoms. The van der Waals surface area contributed by atoms with Crippen LogP contribution in [0, 0.1) is 0 Å². The van der Waals surface area contributed by atoms with E-state index in [9.17, 15) is 35.9 Å². The fraction of sp³-hybridized carbons (Fsp3) is 0.417. The Morgan fingerprint density at radius 2 is 1.77 bits per heavy atom. The lowest BCUT2D eigenvalue weighted by atomic mass is 10.2. The van der Waals surface area contributed by atoms with Crippen molar-refractivity contribution in [3.63, 3.8) is 0 Å². The fourth-order valence-corrected chi connectivity index (χ4v) is 1.85. The van der Waals surface area contributed by atoms with Crippen LogP contribution in [-0.4, -0.2) is 37.3 Å². The predicted octanol–water partition coefficient (Wildman–Crippen LogP) is 2.17. The van der Waals surface area contributed by atoms with Gasteiger partial charge in [0.15, 0.2) is 0 Å². The highest BCUT2D eigenvalue weighted by Gasteiger charge is 2.58. The summed E-state index contributed by atoms with van der Waals surface area (Å²) in [6.45, 7) is -0.630. The van der Waals surface area contributed by atoms with E-state index in [1.165, 1.54) is 24.3 Å². The minimum atomic E-state index is -5.16. The summed E-state index contributed by atoms with van der Waals surface area (Å²) in [7, 11) is -4.63. The summed E-state index contributed by atoms with van der Waals surface area (Å²) in [6.07, 6.45) is -2.15. The molecule has 0 unspecified atom stereocenters. The zero-order chi connectivity index (χ0) is 17.0. The monoisotopic (exact) mass is 344 g/mol. The van der Waals surface area contributed by atoms with E-state index in [0.717, 1.165) is 0 Å². The fourth-order valence-electron chi connectivity index (χ4n) is 1.47. The number of thiol groups is 1. The quantitative estimate of drug-likeness (QED) is 0.343. The third-order valence-electron chi connectivity index (χ3n) is 2.66. The molecule has 1 rings (SSSR count). The van der Waals surface area contributed by atoms with Crippen molar-refractivity contribution in [2.24, 2.45) is 0 Å². The summed E-state index contributed by atoms with van der Waals surface area (Å²) in [6, 6.07) is 5.30. The van der Waals surface area contributed by atoms with Crippen molar-refractivity contribution in [2.45, 2.75) is 24.0 Å². The summed E-state index contributed by atoms with van der Waals surface area (Å²) in [5, 5.41) is 4.18. The van der Waals surface area contributed by atoms with Gasteiger partial charge in [-0.3, -0.25) is 0 Å². The maximum Gasteiger partial charge on any atom is 0.404 e. The first-order valence-corrected chi connectivity index (χ1v) is 7.12. The lowest BCUT2D eigenvalue weighted by molar-refractivity contribution is -0.160. The molecule has 0 aliphatic rings. The van der Waals surface area contributed by atoms with Crippen LogP contribution in [0.25, 0.3) is 0 Å². The predicted molar refractivity (Wildman–Crippen MR) is 67.8 cm³/mol. The topological polar surface area (TPSA) is 80.7 Å². The molecule has 22 heavy (non-hydrogen) atoms. The van der Waals surface area contributed by atoms with Gasteiger partial charge in [0.25, 0.3) is 0 Å². The van der Waals surface area contributed by atoms with Crippen molar-refractivity contribution >= 4 is 16.7 Å². The molecule has 0 aliphatic carbocycles. The highest BCUT2D eigenvalue weighted by atomic mass is 32.2. The number of esters is 1. The highest BCUT2D eigenvalue weighted by molar-refractivity contribution is 7.73. The lowest BCUT2D eigenvalue weighted by Gasteiger charge is -2.21. The molecule has 0 fully saturated rings. The van der Waals surface area contributed by atoms with Gasteiger partial charge in [-0.05, 0) is 18.6 Å². The van der Waals surface area contributed by atoms with Crippen LogP contribution in [0.15, 0.2) is 24.3 Å². The second kappa shape index (κ2) is 6.95. The number of aromatic hydroxyl groups is 1. The Balaban J connectivity index is 2.52. The van der Waals surface area contributed by atoms with Crippen molar-refractivity contribution in [3.8, 4) is 5.75 Å². The van der Waals surface area contributed by atoms with Crippen molar-refractivity contribution in [1.29, 1.82) is 0 Å². The average molecular weight is 344 g/mol. The van der Waals surface area contributed by atoms with Gasteiger partial charge < -0.3 is 9.84 Å². The Morgan fingerprint density at radius 1 is 1.18 bits per heavy atom. The Bertz CT molecular complexity index is 607. The Morgan fingerprint density at radius 3 is 2.32 bits per heavy atom. The second-order valence-electron chi connectivity index (χ2n) is 4.26. The Hall–Kier alpha value is -1.84. The molecule has 0 saturated heterocycles. The number of rotatable bonds is 7. The van der Waals surface area contributed by atoms with Gasteiger partial charge in [-0.25, -0.2) is 13.2 Å². The molecule has 0 aliphatic heterocycles. The van der Waals surface area contributed by atoms with E-state index in [1.807, 2.05) is 0 Å². The van der Waals surface area contributed by atoms with Crippen LogP contribution in [0.3, 0.4) is 0 Å². The smallest absolute Gasteiger partial charge is 0.404 e. The zero-order valence-corrected chi connectivity index (χ0v) is 11.9. The first kappa shape index (κ1) is 18.2. The van der Waals surface area contributed by atoms with Gasteiger partial charge in [0, 0.05) is 6.42 Å². The molecule has 124 valence electrons. The van der Waals surface area contributed by atoms with Gasteiger partial charge >= 0.3 is 17.1 Å². The van der Waals surface area contributed by atoms with Gasteiger partial charge in [0.1, 0.15) is 11.3 Å². The number of carbonyl (C=O) groups is 1. The molecule has 1 aromatic carbocycles. The SMILES string of the molecule is O=C(OCCCC(F)(F)C(F)(F)[SH](=O)=O)c1ccccc1O. The normalized spacial score (nSPS) is 12.4. The highest BCUT2D eigenvalue weighted by Crippen LogP contribution is 2.38. The molecule has 1 aromatic rings. The minimum absolute atomic E-state index is 0.206. The average Bonchev–Trinajstić information content (AvgIpc) is 2.43. The third kappa shape index (κ3) is 4.09. The van der Waals surface area contributed by atoms with Crippen molar-refractivity contribution in [2.75, 3.05) is 6.61 Å². The first-order valence-electron chi connectivity index (χ1n) is 5.95. The number of benzene rings is 1. The van der Waals surface area contributed by atoms with E-state index < -0.39 is 47.3 Å². The van der Waals surface area contributed by atoms with Crippen molar-refractivity contribution in [3.05, 3.63) is 29.8 Å². The summed E-state index contributed by atoms with van der Waals surface area (Å²) in [4.78, 5) is 11.5. The van der Waals surface area contributed by atoms with Crippen molar-refractivity contribution in [1.82, 2.24) is 0 Å². The van der Waals surface area contributed by atoms with E-state index in [0.29, 0.717) is 0 Å². The number of para-hydroxylation sites is 1. The molecule has 0 amide bonds. The Kier molecular flexibility index (Phi) is 5.75. The number of carbonyl (C=O) groups excluding carboxylic acids is 1. The minimum Gasteiger partial charge on any atom is -0.507 e. The molecule has 0 atom stereocenters. The summed E-state index contributed by atoms with van der Waals surface area (Å²) >= 11 is 0. The van der Waals surface area contributed by atoms with Crippen LogP contribution in [0.4, 0.5) is 17.6 Å². The van der Waals surface area contributed by atoms with Gasteiger partial charge in [-0.1, -0.05) is 12.1 Å². The van der Waals surface area contributed by atoms with E-state index >= 15 is 0 Å². The first-order chi connectivity index (χ1) is 10.1. The molecular formula is C12H12F4O5S. The maximum absolute atomic E-state index is 13.0. The number of phenolic OH excluding ortho intramolecular Hbond substituents is 1. The maximum atomic E-state index is 13.0. The van der Waals surface area contributed by atoms with Crippen LogP contribution in [0.5, 0.6) is 5.75 Å². The number of hydrogen-bond acceptors (Lipinski definition) is 5. The van der Waals surface area contributed by atoms with E-state index in [-0.39, 0.29) is 11.3 Å². The van der Waals surface area contributed by atoms with Gasteiger partial charge in [-0.2, -0.15) is 17.6 Å². The molecule has 0 aromatic heterocycles. The number of phenols is 1. The van der Waals surface area contributed by atoms with Crippen LogP contribution in [0.2, 0.25) is 0 Å². The Labute approximate surface area is 124 Å². The number of hydrogen-bond donors (Lipinski definition) is 2. The largest absolute Gasteiger partial charge is 0.507 e. The molecule has 5 nitrogen and oxygen atoms in total. The van der Waals surface area contributed by atoms with Crippen LogP contribution in [-0.2, 0) is 15.4 Å². The standard InChI is InChI=1S/C12H12F4O5S/c13-11(14,12(15,16)22(19)20)6-3-7-21-10(18)8-4-1-2-5-9(8)17/h1-2,4-5,17,22H,3,6-7H2.